The molecule has 0 spiro atoms. The molecule has 0 amide bonds. The van der Waals surface area contributed by atoms with Gasteiger partial charge < -0.3 is 10.5 Å². The Hall–Kier alpha value is -0.950. The summed E-state index contributed by atoms with van der Waals surface area (Å²) < 4.78 is 32.5. The average Bonchev–Trinajstić information content (AvgIpc) is 2.74. The van der Waals surface area contributed by atoms with Crippen LogP contribution in [0.15, 0.2) is 29.2 Å². The molecule has 6 heteroatoms. The van der Waals surface area contributed by atoms with Gasteiger partial charge in [-0.15, -0.1) is 0 Å². The van der Waals surface area contributed by atoms with Crippen LogP contribution in [-0.4, -0.2) is 27.2 Å². The van der Waals surface area contributed by atoms with Crippen molar-refractivity contribution >= 4 is 10.0 Å². The van der Waals surface area contributed by atoms with Gasteiger partial charge in [-0.05, 0) is 38.0 Å². The predicted molar refractivity (Wildman–Crippen MR) is 73.2 cm³/mol. The van der Waals surface area contributed by atoms with Crippen LogP contribution in [0.4, 0.5) is 0 Å². The fourth-order valence-electron chi connectivity index (χ4n) is 2.10. The Bertz CT molecular complexity index is 525. The fraction of sp³-hybridized carbons (Fsp3) is 0.538. The van der Waals surface area contributed by atoms with E-state index in [1.165, 1.54) is 0 Å². The van der Waals surface area contributed by atoms with Crippen LogP contribution >= 0.6 is 0 Å². The van der Waals surface area contributed by atoms with Gasteiger partial charge >= 0.3 is 0 Å². The SMILES string of the molecule is CC(N)c1ccc(S(=O)(=O)NC2CCOC2C)cc1. The molecular weight excluding hydrogens is 264 g/mol. The van der Waals surface area contributed by atoms with E-state index in [0.29, 0.717) is 13.0 Å². The van der Waals surface area contributed by atoms with Crippen LogP contribution in [-0.2, 0) is 14.8 Å². The van der Waals surface area contributed by atoms with Crippen molar-refractivity contribution in [3.05, 3.63) is 29.8 Å². The van der Waals surface area contributed by atoms with Crippen LogP contribution in [0.5, 0.6) is 0 Å². The zero-order valence-corrected chi connectivity index (χ0v) is 12.0. The molecule has 1 fully saturated rings. The number of benzene rings is 1. The normalized spacial score (nSPS) is 25.4. The van der Waals surface area contributed by atoms with Crippen LogP contribution in [0.2, 0.25) is 0 Å². The van der Waals surface area contributed by atoms with Crippen molar-refractivity contribution in [2.75, 3.05) is 6.61 Å². The Morgan fingerprint density at radius 1 is 1.37 bits per heavy atom. The molecule has 2 rings (SSSR count). The Labute approximate surface area is 114 Å². The second-order valence-electron chi connectivity index (χ2n) is 4.95. The molecule has 1 aliphatic heterocycles. The molecule has 0 aliphatic carbocycles. The molecule has 0 bridgehead atoms. The zero-order chi connectivity index (χ0) is 14.0. The minimum absolute atomic E-state index is 0.0851. The van der Waals surface area contributed by atoms with E-state index in [4.69, 9.17) is 10.5 Å². The van der Waals surface area contributed by atoms with E-state index >= 15 is 0 Å². The maximum Gasteiger partial charge on any atom is 0.240 e. The summed E-state index contributed by atoms with van der Waals surface area (Å²) in [6.45, 7) is 4.33. The lowest BCUT2D eigenvalue weighted by Gasteiger charge is -2.16. The van der Waals surface area contributed by atoms with E-state index < -0.39 is 10.0 Å². The summed E-state index contributed by atoms with van der Waals surface area (Å²) in [6, 6.07) is 6.40. The van der Waals surface area contributed by atoms with Crippen LogP contribution in [0.25, 0.3) is 0 Å². The van der Waals surface area contributed by atoms with Crippen molar-refractivity contribution in [3.63, 3.8) is 0 Å². The zero-order valence-electron chi connectivity index (χ0n) is 11.2. The maximum atomic E-state index is 12.2. The molecule has 19 heavy (non-hydrogen) atoms. The minimum Gasteiger partial charge on any atom is -0.377 e. The highest BCUT2D eigenvalue weighted by molar-refractivity contribution is 7.89. The number of hydrogen-bond acceptors (Lipinski definition) is 4. The molecule has 0 saturated carbocycles. The van der Waals surface area contributed by atoms with Crippen molar-refractivity contribution in [3.8, 4) is 0 Å². The van der Waals surface area contributed by atoms with Gasteiger partial charge in [0.1, 0.15) is 0 Å². The third kappa shape index (κ3) is 3.33. The van der Waals surface area contributed by atoms with Gasteiger partial charge in [0.25, 0.3) is 0 Å². The second kappa shape index (κ2) is 5.58. The lowest BCUT2D eigenvalue weighted by molar-refractivity contribution is 0.117. The van der Waals surface area contributed by atoms with Gasteiger partial charge in [-0.2, -0.15) is 0 Å². The quantitative estimate of drug-likeness (QED) is 0.869. The first-order chi connectivity index (χ1) is 8.90. The van der Waals surface area contributed by atoms with E-state index in [9.17, 15) is 8.42 Å². The van der Waals surface area contributed by atoms with Crippen molar-refractivity contribution in [1.29, 1.82) is 0 Å². The second-order valence-corrected chi connectivity index (χ2v) is 6.66. The largest absolute Gasteiger partial charge is 0.377 e. The summed E-state index contributed by atoms with van der Waals surface area (Å²) >= 11 is 0. The molecule has 106 valence electrons. The molecule has 0 radical (unpaired) electrons. The first kappa shape index (κ1) is 14.5. The number of hydrogen-bond donors (Lipinski definition) is 2. The van der Waals surface area contributed by atoms with Crippen LogP contribution in [0, 0.1) is 0 Å². The van der Waals surface area contributed by atoms with Crippen molar-refractivity contribution in [2.45, 2.75) is 43.4 Å². The molecule has 0 aromatic heterocycles. The highest BCUT2D eigenvalue weighted by Gasteiger charge is 2.29. The molecule has 1 aromatic carbocycles. The topological polar surface area (TPSA) is 81.4 Å². The standard InChI is InChI=1S/C13H20N2O3S/c1-9(14)11-3-5-12(6-4-11)19(16,17)15-13-7-8-18-10(13)2/h3-6,9-10,13,15H,7-8,14H2,1-2H3. The first-order valence-electron chi connectivity index (χ1n) is 6.39. The molecule has 1 saturated heterocycles. The fourth-order valence-corrected chi connectivity index (χ4v) is 3.44. The van der Waals surface area contributed by atoms with Crippen molar-refractivity contribution in [1.82, 2.24) is 4.72 Å². The predicted octanol–water partition coefficient (Wildman–Crippen LogP) is 1.16. The van der Waals surface area contributed by atoms with E-state index in [0.717, 1.165) is 5.56 Å². The lowest BCUT2D eigenvalue weighted by Crippen LogP contribution is -2.39. The monoisotopic (exact) mass is 284 g/mol. The minimum atomic E-state index is -3.49. The van der Waals surface area contributed by atoms with Gasteiger partial charge in [0, 0.05) is 12.6 Å². The molecule has 1 heterocycles. The Morgan fingerprint density at radius 2 is 2.00 bits per heavy atom. The van der Waals surface area contributed by atoms with Gasteiger partial charge in [-0.1, -0.05) is 12.1 Å². The Balaban J connectivity index is 2.15. The molecule has 3 N–H and O–H groups in total. The van der Waals surface area contributed by atoms with Gasteiger partial charge in [0.2, 0.25) is 10.0 Å². The third-order valence-corrected chi connectivity index (χ3v) is 4.90. The van der Waals surface area contributed by atoms with E-state index in [-0.39, 0.29) is 23.1 Å². The summed E-state index contributed by atoms with van der Waals surface area (Å²) in [7, 11) is -3.49. The number of sulfonamides is 1. The van der Waals surface area contributed by atoms with Crippen molar-refractivity contribution < 1.29 is 13.2 Å². The smallest absolute Gasteiger partial charge is 0.240 e. The molecule has 1 aliphatic rings. The van der Waals surface area contributed by atoms with Gasteiger partial charge in [0.05, 0.1) is 17.0 Å². The molecule has 3 atom stereocenters. The van der Waals surface area contributed by atoms with Gasteiger partial charge in [0.15, 0.2) is 0 Å². The number of nitrogens with two attached hydrogens (primary N) is 1. The van der Waals surface area contributed by atoms with Gasteiger partial charge in [-0.3, -0.25) is 0 Å². The summed E-state index contributed by atoms with van der Waals surface area (Å²) in [5, 5.41) is 0. The van der Waals surface area contributed by atoms with Crippen molar-refractivity contribution in [2.24, 2.45) is 5.73 Å². The van der Waals surface area contributed by atoms with Crippen LogP contribution in [0.1, 0.15) is 31.9 Å². The Kier molecular flexibility index (Phi) is 4.25. The maximum absolute atomic E-state index is 12.2. The molecule has 1 aromatic rings. The highest BCUT2D eigenvalue weighted by atomic mass is 32.2. The lowest BCUT2D eigenvalue weighted by atomic mass is 10.1. The number of ether oxygens (including phenoxy) is 1. The first-order valence-corrected chi connectivity index (χ1v) is 7.88. The molecular formula is C13H20N2O3S. The third-order valence-electron chi connectivity index (χ3n) is 3.40. The average molecular weight is 284 g/mol. The van der Waals surface area contributed by atoms with Crippen LogP contribution in [0.3, 0.4) is 0 Å². The van der Waals surface area contributed by atoms with E-state index in [1.54, 1.807) is 24.3 Å². The van der Waals surface area contributed by atoms with E-state index in [1.807, 2.05) is 13.8 Å². The van der Waals surface area contributed by atoms with E-state index in [2.05, 4.69) is 4.72 Å². The molecule has 3 unspecified atom stereocenters. The van der Waals surface area contributed by atoms with Gasteiger partial charge in [-0.25, -0.2) is 13.1 Å². The highest BCUT2D eigenvalue weighted by Crippen LogP contribution is 2.18. The molecule has 5 nitrogen and oxygen atoms in total. The number of rotatable bonds is 4. The summed E-state index contributed by atoms with van der Waals surface area (Å²) in [5.41, 5.74) is 6.65. The summed E-state index contributed by atoms with van der Waals surface area (Å²) in [6.07, 6.45) is 0.622. The number of nitrogens with one attached hydrogen (secondary N) is 1. The summed E-state index contributed by atoms with van der Waals surface area (Å²) in [5.74, 6) is 0. The Morgan fingerprint density at radius 3 is 2.47 bits per heavy atom. The van der Waals surface area contributed by atoms with Crippen LogP contribution < -0.4 is 10.5 Å². The summed E-state index contributed by atoms with van der Waals surface area (Å²) in [4.78, 5) is 0.260.